The Balaban J connectivity index is 1.74. The summed E-state index contributed by atoms with van der Waals surface area (Å²) in [7, 11) is -3.44. The Labute approximate surface area is 196 Å². The number of sulfone groups is 1. The van der Waals surface area contributed by atoms with Gasteiger partial charge in [-0.3, -0.25) is 0 Å². The Hall–Kier alpha value is -2.53. The largest absolute Gasteiger partial charge is 0.393 e. The van der Waals surface area contributed by atoms with Crippen molar-refractivity contribution in [1.29, 1.82) is 0 Å². The van der Waals surface area contributed by atoms with Gasteiger partial charge in [-0.1, -0.05) is 6.92 Å². The van der Waals surface area contributed by atoms with Gasteiger partial charge in [0.05, 0.1) is 17.8 Å². The summed E-state index contributed by atoms with van der Waals surface area (Å²) in [6.07, 6.45) is 1.65. The maximum absolute atomic E-state index is 12.8. The van der Waals surface area contributed by atoms with Gasteiger partial charge in [0.1, 0.15) is 5.82 Å². The zero-order valence-electron chi connectivity index (χ0n) is 19.0. The summed E-state index contributed by atoms with van der Waals surface area (Å²) in [5.41, 5.74) is 3.02. The first kappa shape index (κ1) is 24.6. The lowest BCUT2D eigenvalue weighted by Gasteiger charge is -2.25. The van der Waals surface area contributed by atoms with Gasteiger partial charge in [-0.05, 0) is 49.8 Å². The van der Waals surface area contributed by atoms with Crippen molar-refractivity contribution in [2.24, 2.45) is 5.92 Å². The first-order chi connectivity index (χ1) is 15.9. The topological polar surface area (TPSA) is 97.5 Å². The predicted molar refractivity (Wildman–Crippen MR) is 120 cm³/mol. The number of nitrogens with zero attached hydrogens (tertiary/aromatic N) is 4. The fraction of sp³-hybridized carbons (Fsp3) is 0.522. The first-order valence-electron chi connectivity index (χ1n) is 11.2. The summed E-state index contributed by atoms with van der Waals surface area (Å²) >= 11 is 0. The second kappa shape index (κ2) is 9.26. The number of rotatable bonds is 6. The molecule has 3 aromatic heterocycles. The van der Waals surface area contributed by atoms with Crippen LogP contribution in [0.2, 0.25) is 0 Å². The lowest BCUT2D eigenvalue weighted by Crippen LogP contribution is -2.19. The molecule has 1 fully saturated rings. The molecule has 1 saturated carbocycles. The lowest BCUT2D eigenvalue weighted by molar-refractivity contribution is -0.143. The molecule has 184 valence electrons. The van der Waals surface area contributed by atoms with Crippen LogP contribution in [0.15, 0.2) is 35.6 Å². The van der Waals surface area contributed by atoms with Crippen LogP contribution in [0, 0.1) is 5.92 Å². The van der Waals surface area contributed by atoms with E-state index in [0.29, 0.717) is 29.7 Å². The third-order valence-electron chi connectivity index (χ3n) is 6.25. The van der Waals surface area contributed by atoms with E-state index in [0.717, 1.165) is 30.4 Å². The van der Waals surface area contributed by atoms with E-state index in [1.807, 2.05) is 6.07 Å². The molecule has 3 heterocycles. The molecule has 0 spiro atoms. The smallest absolute Gasteiger partial charge is 0.389 e. The Morgan fingerprint density at radius 3 is 2.44 bits per heavy atom. The van der Waals surface area contributed by atoms with Gasteiger partial charge in [0, 0.05) is 48.0 Å². The van der Waals surface area contributed by atoms with Gasteiger partial charge in [0.15, 0.2) is 14.9 Å². The van der Waals surface area contributed by atoms with E-state index in [-0.39, 0.29) is 23.5 Å². The summed E-state index contributed by atoms with van der Waals surface area (Å²) in [6.45, 7) is 1.53. The average molecular weight is 497 g/mol. The van der Waals surface area contributed by atoms with Gasteiger partial charge in [0.2, 0.25) is 0 Å². The van der Waals surface area contributed by atoms with Gasteiger partial charge < -0.3 is 5.11 Å². The zero-order valence-corrected chi connectivity index (χ0v) is 19.8. The molecule has 34 heavy (non-hydrogen) atoms. The second-order valence-electron chi connectivity index (χ2n) is 9.25. The van der Waals surface area contributed by atoms with Crippen LogP contribution in [0.1, 0.15) is 56.5 Å². The quantitative estimate of drug-likeness (QED) is 0.545. The predicted octanol–water partition coefficient (Wildman–Crippen LogP) is 4.34. The van der Waals surface area contributed by atoms with Gasteiger partial charge >= 0.3 is 6.18 Å². The summed E-state index contributed by atoms with van der Waals surface area (Å²) in [5.74, 6) is -0.203. The zero-order chi connectivity index (χ0) is 24.7. The minimum atomic E-state index is -4.25. The lowest BCUT2D eigenvalue weighted by atomic mass is 9.85. The van der Waals surface area contributed by atoms with Crippen molar-refractivity contribution < 1.29 is 26.7 Å². The van der Waals surface area contributed by atoms with Crippen LogP contribution in [0.25, 0.3) is 16.6 Å². The summed E-state index contributed by atoms with van der Waals surface area (Å²) in [6, 6.07) is 5.08. The minimum absolute atomic E-state index is 0.0292. The number of aromatic nitrogens is 4. The van der Waals surface area contributed by atoms with Crippen molar-refractivity contribution in [2.45, 2.75) is 68.7 Å². The van der Waals surface area contributed by atoms with Crippen molar-refractivity contribution >= 4 is 15.4 Å². The van der Waals surface area contributed by atoms with E-state index in [2.05, 4.69) is 15.1 Å². The van der Waals surface area contributed by atoms with Crippen LogP contribution in [0.4, 0.5) is 13.2 Å². The highest BCUT2D eigenvalue weighted by atomic mass is 32.2. The van der Waals surface area contributed by atoms with E-state index < -0.39 is 28.4 Å². The number of hydrogen-bond donors (Lipinski definition) is 1. The standard InChI is InChI=1S/C23H27F3N4O3S/c1-14(11-23(24,25)26)9-21-27-13-20-18(16-5-8-22(28-12-16)34(2,32)33)10-19(30(20)29-21)15-3-6-17(31)7-4-15/h5,8,10,12-15,17,31H,3-4,6-7,9,11H2,1-2H3/t14-,15?,17?/m1/s1. The highest BCUT2D eigenvalue weighted by molar-refractivity contribution is 7.90. The molecule has 7 nitrogen and oxygen atoms in total. The third kappa shape index (κ3) is 5.57. The van der Waals surface area contributed by atoms with Crippen LogP contribution in [0.5, 0.6) is 0 Å². The van der Waals surface area contributed by atoms with Crippen molar-refractivity contribution in [1.82, 2.24) is 19.6 Å². The number of hydrogen-bond acceptors (Lipinski definition) is 6. The van der Waals surface area contributed by atoms with Crippen LogP contribution in [-0.4, -0.2) is 51.6 Å². The Kier molecular flexibility index (Phi) is 6.69. The van der Waals surface area contributed by atoms with Gasteiger partial charge in [-0.2, -0.15) is 18.3 Å². The molecule has 4 rings (SSSR count). The monoisotopic (exact) mass is 496 g/mol. The molecule has 1 N–H and O–H groups in total. The SMILES string of the molecule is C[C@H](Cc1ncc2c(-c3ccc(S(C)(=O)=O)nc3)cc(C3CCC(O)CC3)n2n1)CC(F)(F)F. The van der Waals surface area contributed by atoms with Gasteiger partial charge in [-0.15, -0.1) is 0 Å². The number of fused-ring (bicyclic) bond motifs is 1. The molecule has 3 aromatic rings. The third-order valence-corrected chi connectivity index (χ3v) is 7.25. The van der Waals surface area contributed by atoms with E-state index in [9.17, 15) is 26.7 Å². The molecular formula is C23H27F3N4O3S. The van der Waals surface area contributed by atoms with Gasteiger partial charge in [0.25, 0.3) is 0 Å². The molecule has 0 bridgehead atoms. The summed E-state index contributed by atoms with van der Waals surface area (Å²) in [4.78, 5) is 8.41. The molecule has 1 aliphatic rings. The van der Waals surface area contributed by atoms with Gasteiger partial charge in [-0.25, -0.2) is 22.9 Å². The molecule has 0 aliphatic heterocycles. The number of pyridine rings is 1. The minimum Gasteiger partial charge on any atom is -0.393 e. The Bertz CT molecular complexity index is 1270. The first-order valence-corrected chi connectivity index (χ1v) is 13.1. The van der Waals surface area contributed by atoms with Crippen molar-refractivity contribution in [3.63, 3.8) is 0 Å². The van der Waals surface area contributed by atoms with Crippen molar-refractivity contribution in [3.8, 4) is 11.1 Å². The van der Waals surface area contributed by atoms with E-state index >= 15 is 0 Å². The molecule has 1 atom stereocenters. The molecule has 0 saturated heterocycles. The van der Waals surface area contributed by atoms with E-state index in [4.69, 9.17) is 0 Å². The van der Waals surface area contributed by atoms with Crippen LogP contribution >= 0.6 is 0 Å². The summed E-state index contributed by atoms with van der Waals surface area (Å²) < 4.78 is 63.6. The molecule has 11 heteroatoms. The molecule has 0 amide bonds. The average Bonchev–Trinajstić information content (AvgIpc) is 3.11. The molecule has 1 aliphatic carbocycles. The van der Waals surface area contributed by atoms with Crippen LogP contribution in [0.3, 0.4) is 0 Å². The maximum atomic E-state index is 12.8. The Morgan fingerprint density at radius 1 is 1.15 bits per heavy atom. The fourth-order valence-corrected chi connectivity index (χ4v) is 5.13. The van der Waals surface area contributed by atoms with Crippen LogP contribution in [-0.2, 0) is 16.3 Å². The highest BCUT2D eigenvalue weighted by Crippen LogP contribution is 2.37. The molecule has 0 radical (unpaired) electrons. The Morgan fingerprint density at radius 2 is 1.85 bits per heavy atom. The number of halogens is 3. The highest BCUT2D eigenvalue weighted by Gasteiger charge is 2.31. The maximum Gasteiger partial charge on any atom is 0.389 e. The van der Waals surface area contributed by atoms with Crippen molar-refractivity contribution in [2.75, 3.05) is 6.26 Å². The van der Waals surface area contributed by atoms with Crippen LogP contribution < -0.4 is 0 Å². The molecule has 0 aromatic carbocycles. The normalized spacial score (nSPS) is 20.5. The molecular weight excluding hydrogens is 469 g/mol. The second-order valence-corrected chi connectivity index (χ2v) is 11.2. The van der Waals surface area contributed by atoms with Crippen molar-refractivity contribution in [3.05, 3.63) is 42.1 Å². The fourth-order valence-electron chi connectivity index (χ4n) is 4.57. The van der Waals surface area contributed by atoms with E-state index in [1.165, 1.54) is 19.2 Å². The number of aliphatic hydroxyl groups excluding tert-OH is 1. The number of alkyl halides is 3. The molecule has 0 unspecified atom stereocenters. The number of aliphatic hydroxyl groups is 1. The summed E-state index contributed by atoms with van der Waals surface area (Å²) in [5, 5.41) is 14.5. The van der Waals surface area contributed by atoms with E-state index in [1.54, 1.807) is 16.8 Å².